The van der Waals surface area contributed by atoms with Gasteiger partial charge >= 0.3 is 5.97 Å². The summed E-state index contributed by atoms with van der Waals surface area (Å²) in [5.41, 5.74) is 0. The molecule has 0 saturated carbocycles. The molecular formula is C11H23NO3S. The molecule has 0 spiro atoms. The quantitative estimate of drug-likeness (QED) is 0.629. The molecule has 0 aromatic heterocycles. The van der Waals surface area contributed by atoms with E-state index in [0.29, 0.717) is 12.4 Å². The molecule has 0 aliphatic rings. The Balaban J connectivity index is 4.07. The molecule has 0 heterocycles. The van der Waals surface area contributed by atoms with Gasteiger partial charge in [0, 0.05) is 11.0 Å². The van der Waals surface area contributed by atoms with Crippen molar-refractivity contribution in [3.63, 3.8) is 0 Å². The van der Waals surface area contributed by atoms with Crippen LogP contribution in [0.2, 0.25) is 0 Å². The number of hydrogen-bond donors (Lipinski definition) is 2. The molecule has 96 valence electrons. The summed E-state index contributed by atoms with van der Waals surface area (Å²) in [6, 6.07) is -0.281. The lowest BCUT2D eigenvalue weighted by Gasteiger charge is -2.19. The molecule has 0 radical (unpaired) electrons. The number of aliphatic hydroxyl groups is 1. The van der Waals surface area contributed by atoms with Gasteiger partial charge in [-0.05, 0) is 20.4 Å². The zero-order chi connectivity index (χ0) is 12.6. The van der Waals surface area contributed by atoms with Crippen molar-refractivity contribution >= 4 is 17.7 Å². The second kappa shape index (κ2) is 8.84. The van der Waals surface area contributed by atoms with Crippen LogP contribution in [0.1, 0.15) is 27.7 Å². The Morgan fingerprint density at radius 1 is 1.44 bits per heavy atom. The number of ether oxygens (including phenoxy) is 1. The second-order valence-electron chi connectivity index (χ2n) is 3.64. The molecule has 0 aromatic rings. The van der Waals surface area contributed by atoms with E-state index in [2.05, 4.69) is 5.32 Å². The number of aliphatic hydroxyl groups excluding tert-OH is 1. The first-order valence-electron chi connectivity index (χ1n) is 5.72. The fraction of sp³-hybridized carbons (Fsp3) is 0.909. The highest BCUT2D eigenvalue weighted by Gasteiger charge is 2.20. The van der Waals surface area contributed by atoms with Crippen molar-refractivity contribution in [1.82, 2.24) is 5.32 Å². The molecule has 0 saturated heterocycles. The van der Waals surface area contributed by atoms with E-state index in [0.717, 1.165) is 6.54 Å². The van der Waals surface area contributed by atoms with Crippen LogP contribution in [0.15, 0.2) is 0 Å². The predicted octanol–water partition coefficient (Wildman–Crippen LogP) is 1.03. The van der Waals surface area contributed by atoms with E-state index in [4.69, 9.17) is 4.74 Å². The molecule has 0 fully saturated rings. The predicted molar refractivity (Wildman–Crippen MR) is 67.7 cm³/mol. The molecule has 0 bridgehead atoms. The molecule has 0 aliphatic carbocycles. The van der Waals surface area contributed by atoms with Crippen LogP contribution in [0.25, 0.3) is 0 Å². The molecule has 3 unspecified atom stereocenters. The first kappa shape index (κ1) is 15.7. The third-order valence-corrected chi connectivity index (χ3v) is 3.67. The van der Waals surface area contributed by atoms with E-state index in [-0.39, 0.29) is 23.4 Å². The van der Waals surface area contributed by atoms with Crippen LogP contribution in [-0.2, 0) is 9.53 Å². The Labute approximate surface area is 102 Å². The fourth-order valence-electron chi connectivity index (χ4n) is 1.09. The van der Waals surface area contributed by atoms with Crippen molar-refractivity contribution < 1.29 is 14.6 Å². The Bertz CT molecular complexity index is 200. The largest absolute Gasteiger partial charge is 0.465 e. The average molecular weight is 249 g/mol. The highest BCUT2D eigenvalue weighted by molar-refractivity contribution is 8.00. The minimum Gasteiger partial charge on any atom is -0.465 e. The van der Waals surface area contributed by atoms with Crippen LogP contribution in [0.3, 0.4) is 0 Å². The fourth-order valence-corrected chi connectivity index (χ4v) is 2.12. The van der Waals surface area contributed by atoms with E-state index in [9.17, 15) is 9.90 Å². The first-order chi connectivity index (χ1) is 7.52. The normalized spacial score (nSPS) is 16.6. The molecule has 2 N–H and O–H groups in total. The van der Waals surface area contributed by atoms with Crippen molar-refractivity contribution in [3.8, 4) is 0 Å². The maximum atomic E-state index is 11.6. The van der Waals surface area contributed by atoms with Gasteiger partial charge in [0.05, 0.1) is 12.7 Å². The molecule has 0 aliphatic heterocycles. The molecule has 0 amide bonds. The summed E-state index contributed by atoms with van der Waals surface area (Å²) in [7, 11) is 0. The Kier molecular flexibility index (Phi) is 8.70. The van der Waals surface area contributed by atoms with Crippen LogP contribution in [0.5, 0.6) is 0 Å². The third kappa shape index (κ3) is 6.35. The van der Waals surface area contributed by atoms with Gasteiger partial charge in [0.2, 0.25) is 0 Å². The summed E-state index contributed by atoms with van der Waals surface area (Å²) in [6.45, 7) is 8.58. The highest BCUT2D eigenvalue weighted by Crippen LogP contribution is 2.15. The van der Waals surface area contributed by atoms with E-state index in [1.54, 1.807) is 25.6 Å². The zero-order valence-electron chi connectivity index (χ0n) is 10.5. The minimum absolute atomic E-state index is 0.121. The molecule has 0 aromatic carbocycles. The van der Waals surface area contributed by atoms with Crippen LogP contribution in [0.4, 0.5) is 0 Å². The van der Waals surface area contributed by atoms with E-state index >= 15 is 0 Å². The van der Waals surface area contributed by atoms with Gasteiger partial charge in [0.15, 0.2) is 0 Å². The maximum absolute atomic E-state index is 11.6. The monoisotopic (exact) mass is 249 g/mol. The van der Waals surface area contributed by atoms with E-state index in [1.165, 1.54) is 0 Å². The van der Waals surface area contributed by atoms with Gasteiger partial charge in [-0.2, -0.15) is 11.8 Å². The van der Waals surface area contributed by atoms with Crippen LogP contribution in [-0.4, -0.2) is 47.4 Å². The van der Waals surface area contributed by atoms with E-state index < -0.39 is 0 Å². The lowest BCUT2D eigenvalue weighted by atomic mass is 10.3. The molecule has 5 heteroatoms. The number of rotatable bonds is 8. The summed E-state index contributed by atoms with van der Waals surface area (Å²) in [4.78, 5) is 11.6. The van der Waals surface area contributed by atoms with Crippen molar-refractivity contribution in [1.29, 1.82) is 0 Å². The maximum Gasteiger partial charge on any atom is 0.323 e. The molecule has 4 nitrogen and oxygen atoms in total. The van der Waals surface area contributed by atoms with Gasteiger partial charge in [0.1, 0.15) is 6.04 Å². The number of carbonyl (C=O) groups is 1. The number of thioether (sulfide) groups is 1. The van der Waals surface area contributed by atoms with Crippen molar-refractivity contribution in [2.45, 2.75) is 45.1 Å². The highest BCUT2D eigenvalue weighted by atomic mass is 32.2. The summed E-state index contributed by atoms with van der Waals surface area (Å²) >= 11 is 1.57. The SMILES string of the molecule is CCNC(CSC(C)C(C)O)C(=O)OCC. The molecule has 16 heavy (non-hydrogen) atoms. The molecule has 0 rings (SSSR count). The zero-order valence-corrected chi connectivity index (χ0v) is 11.3. The van der Waals surface area contributed by atoms with Crippen molar-refractivity contribution in [2.75, 3.05) is 18.9 Å². The van der Waals surface area contributed by atoms with Crippen LogP contribution >= 0.6 is 11.8 Å². The smallest absolute Gasteiger partial charge is 0.323 e. The number of carbonyl (C=O) groups excluding carboxylic acids is 1. The Morgan fingerprint density at radius 2 is 2.06 bits per heavy atom. The minimum atomic E-state index is -0.366. The van der Waals surface area contributed by atoms with Gasteiger partial charge in [-0.1, -0.05) is 13.8 Å². The number of hydrogen-bond acceptors (Lipinski definition) is 5. The molecular weight excluding hydrogens is 226 g/mol. The average Bonchev–Trinajstić information content (AvgIpc) is 2.23. The summed E-state index contributed by atoms with van der Waals surface area (Å²) < 4.78 is 4.97. The molecule has 3 atom stereocenters. The number of likely N-dealkylation sites (N-methyl/N-ethyl adjacent to an activating group) is 1. The van der Waals surface area contributed by atoms with Crippen molar-refractivity contribution in [2.24, 2.45) is 0 Å². The summed E-state index contributed by atoms with van der Waals surface area (Å²) in [5.74, 6) is 0.410. The third-order valence-electron chi connectivity index (χ3n) is 2.23. The van der Waals surface area contributed by atoms with Gasteiger partial charge in [-0.15, -0.1) is 0 Å². The lowest BCUT2D eigenvalue weighted by molar-refractivity contribution is -0.144. The van der Waals surface area contributed by atoms with Crippen LogP contribution in [0, 0.1) is 0 Å². The van der Waals surface area contributed by atoms with Gasteiger partial charge in [-0.3, -0.25) is 4.79 Å². The van der Waals surface area contributed by atoms with Crippen LogP contribution < -0.4 is 5.32 Å². The van der Waals surface area contributed by atoms with Gasteiger partial charge in [-0.25, -0.2) is 0 Å². The topological polar surface area (TPSA) is 58.6 Å². The first-order valence-corrected chi connectivity index (χ1v) is 6.77. The van der Waals surface area contributed by atoms with Crippen molar-refractivity contribution in [3.05, 3.63) is 0 Å². The summed E-state index contributed by atoms with van der Waals surface area (Å²) in [6.07, 6.45) is -0.366. The Hall–Kier alpha value is -0.260. The lowest BCUT2D eigenvalue weighted by Crippen LogP contribution is -2.40. The standard InChI is InChI=1S/C11H23NO3S/c1-5-12-10(11(14)15-6-2)7-16-9(4)8(3)13/h8-10,12-13H,5-7H2,1-4H3. The number of esters is 1. The Morgan fingerprint density at radius 3 is 2.50 bits per heavy atom. The number of nitrogens with one attached hydrogen (secondary N) is 1. The van der Waals surface area contributed by atoms with Gasteiger partial charge in [0.25, 0.3) is 0 Å². The summed E-state index contributed by atoms with van der Waals surface area (Å²) in [5, 5.41) is 12.6. The van der Waals surface area contributed by atoms with Gasteiger partial charge < -0.3 is 15.2 Å². The van der Waals surface area contributed by atoms with E-state index in [1.807, 2.05) is 13.8 Å². The second-order valence-corrected chi connectivity index (χ2v) is 5.05.